The molecule has 0 aromatic heterocycles. The highest BCUT2D eigenvalue weighted by Gasteiger charge is 2.11. The number of aliphatic hydroxyl groups excluding tert-OH is 1. The van der Waals surface area contributed by atoms with E-state index in [-0.39, 0.29) is 24.8 Å². The molecule has 0 saturated carbocycles. The minimum absolute atomic E-state index is 0.0540. The van der Waals surface area contributed by atoms with Crippen molar-refractivity contribution < 1.29 is 18.3 Å². The molecule has 108 valence electrons. The van der Waals surface area contributed by atoms with Crippen LogP contribution < -0.4 is 5.32 Å². The van der Waals surface area contributed by atoms with Gasteiger partial charge in [-0.15, -0.1) is 0 Å². The molecule has 0 fully saturated rings. The van der Waals surface area contributed by atoms with Gasteiger partial charge in [-0.3, -0.25) is 4.79 Å². The molecule has 0 unspecified atom stereocenters. The van der Waals surface area contributed by atoms with E-state index >= 15 is 0 Å². The van der Waals surface area contributed by atoms with Gasteiger partial charge in [0.2, 0.25) is 0 Å². The lowest BCUT2D eigenvalue weighted by Crippen LogP contribution is -2.29. The first-order chi connectivity index (χ1) is 9.33. The Labute approximate surface area is 118 Å². The summed E-state index contributed by atoms with van der Waals surface area (Å²) in [5.74, 6) is 4.70. The first-order valence-electron chi connectivity index (χ1n) is 6.00. The summed E-state index contributed by atoms with van der Waals surface area (Å²) in [4.78, 5) is 12.0. The predicted molar refractivity (Wildman–Crippen MR) is 77.2 cm³/mol. The average molecular weight is 295 g/mol. The number of carbonyl (C=O) groups is 1. The number of hydrogen-bond donors (Lipinski definition) is 2. The molecule has 1 aromatic carbocycles. The van der Waals surface area contributed by atoms with Crippen LogP contribution in [0.25, 0.3) is 0 Å². The van der Waals surface area contributed by atoms with Crippen LogP contribution in [-0.4, -0.2) is 44.6 Å². The first-order valence-corrected chi connectivity index (χ1v) is 8.06. The van der Waals surface area contributed by atoms with Crippen molar-refractivity contribution in [1.29, 1.82) is 0 Å². The zero-order chi connectivity index (χ0) is 15.2. The van der Waals surface area contributed by atoms with Crippen LogP contribution in [0.2, 0.25) is 0 Å². The van der Waals surface area contributed by atoms with E-state index in [2.05, 4.69) is 17.2 Å². The Kier molecular flexibility index (Phi) is 5.74. The maximum Gasteiger partial charge on any atom is 0.252 e. The largest absolute Gasteiger partial charge is 0.384 e. The van der Waals surface area contributed by atoms with E-state index < -0.39 is 9.84 Å². The predicted octanol–water partition coefficient (Wildman–Crippen LogP) is 0.113. The second-order valence-corrected chi connectivity index (χ2v) is 6.65. The van der Waals surface area contributed by atoms with Crippen molar-refractivity contribution in [2.45, 2.75) is 6.92 Å². The van der Waals surface area contributed by atoms with E-state index in [1.807, 2.05) is 13.0 Å². The standard InChI is InChI=1S/C14H17NO4S/c1-11-5-6-12(4-3-8-16)13(10-11)14(17)15-7-9-20(2,18)19/h5-6,10,16H,7-9H2,1-2H3,(H,15,17). The Morgan fingerprint density at radius 1 is 1.40 bits per heavy atom. The summed E-state index contributed by atoms with van der Waals surface area (Å²) in [6.07, 6.45) is 1.12. The van der Waals surface area contributed by atoms with E-state index in [1.54, 1.807) is 12.1 Å². The van der Waals surface area contributed by atoms with Gasteiger partial charge in [-0.1, -0.05) is 23.5 Å². The number of aliphatic hydroxyl groups is 1. The van der Waals surface area contributed by atoms with Gasteiger partial charge in [0.25, 0.3) is 5.91 Å². The summed E-state index contributed by atoms with van der Waals surface area (Å²) in [6, 6.07) is 5.19. The van der Waals surface area contributed by atoms with Gasteiger partial charge in [-0.05, 0) is 19.1 Å². The van der Waals surface area contributed by atoms with Crippen molar-refractivity contribution in [2.24, 2.45) is 0 Å². The second-order valence-electron chi connectivity index (χ2n) is 4.39. The highest BCUT2D eigenvalue weighted by atomic mass is 32.2. The molecule has 1 rings (SSSR count). The molecule has 0 aliphatic heterocycles. The number of nitrogens with one attached hydrogen (secondary N) is 1. The van der Waals surface area contributed by atoms with Crippen molar-refractivity contribution in [2.75, 3.05) is 25.2 Å². The van der Waals surface area contributed by atoms with Crippen LogP contribution in [-0.2, 0) is 9.84 Å². The number of amides is 1. The first kappa shape index (κ1) is 16.2. The van der Waals surface area contributed by atoms with Crippen molar-refractivity contribution >= 4 is 15.7 Å². The molecule has 0 aliphatic rings. The smallest absolute Gasteiger partial charge is 0.252 e. The number of benzene rings is 1. The van der Waals surface area contributed by atoms with Crippen molar-refractivity contribution in [3.8, 4) is 11.8 Å². The molecule has 1 amide bonds. The van der Waals surface area contributed by atoms with Gasteiger partial charge in [0.05, 0.1) is 11.3 Å². The van der Waals surface area contributed by atoms with Gasteiger partial charge in [0, 0.05) is 18.4 Å². The van der Waals surface area contributed by atoms with Gasteiger partial charge in [-0.25, -0.2) is 8.42 Å². The fourth-order valence-electron chi connectivity index (χ4n) is 1.53. The monoisotopic (exact) mass is 295 g/mol. The van der Waals surface area contributed by atoms with Crippen LogP contribution in [0.4, 0.5) is 0 Å². The van der Waals surface area contributed by atoms with E-state index in [1.165, 1.54) is 0 Å². The summed E-state index contributed by atoms with van der Waals surface area (Å²) >= 11 is 0. The number of aryl methyl sites for hydroxylation is 1. The average Bonchev–Trinajstić information content (AvgIpc) is 2.35. The van der Waals surface area contributed by atoms with Crippen molar-refractivity contribution in [1.82, 2.24) is 5.32 Å². The van der Waals surface area contributed by atoms with E-state index in [9.17, 15) is 13.2 Å². The zero-order valence-electron chi connectivity index (χ0n) is 11.4. The molecule has 0 spiro atoms. The second kappa shape index (κ2) is 7.08. The lowest BCUT2D eigenvalue weighted by atomic mass is 10.0. The zero-order valence-corrected chi connectivity index (χ0v) is 12.3. The molecule has 0 aliphatic carbocycles. The van der Waals surface area contributed by atoms with Crippen LogP contribution in [0.15, 0.2) is 18.2 Å². The lowest BCUT2D eigenvalue weighted by molar-refractivity contribution is 0.0956. The van der Waals surface area contributed by atoms with Gasteiger partial charge in [-0.2, -0.15) is 0 Å². The van der Waals surface area contributed by atoms with E-state index in [0.29, 0.717) is 11.1 Å². The Morgan fingerprint density at radius 2 is 2.10 bits per heavy atom. The summed E-state index contributed by atoms with van der Waals surface area (Å²) in [5, 5.41) is 11.3. The molecule has 2 N–H and O–H groups in total. The molecule has 6 heteroatoms. The summed E-state index contributed by atoms with van der Waals surface area (Å²) in [6.45, 7) is 1.61. The van der Waals surface area contributed by atoms with Gasteiger partial charge in [0.15, 0.2) is 0 Å². The quantitative estimate of drug-likeness (QED) is 0.773. The number of rotatable bonds is 4. The molecule has 0 radical (unpaired) electrons. The van der Waals surface area contributed by atoms with Crippen molar-refractivity contribution in [3.05, 3.63) is 34.9 Å². The molecule has 0 atom stereocenters. The Hall–Kier alpha value is -1.84. The third-order valence-corrected chi connectivity index (χ3v) is 3.43. The van der Waals surface area contributed by atoms with Crippen LogP contribution in [0.5, 0.6) is 0 Å². The SMILES string of the molecule is Cc1ccc(C#CCO)c(C(=O)NCCS(C)(=O)=O)c1. The highest BCUT2D eigenvalue weighted by Crippen LogP contribution is 2.10. The van der Waals surface area contributed by atoms with Crippen molar-refractivity contribution in [3.63, 3.8) is 0 Å². The maximum atomic E-state index is 12.0. The number of carbonyl (C=O) groups excluding carboxylic acids is 1. The van der Waals surface area contributed by atoms with Crippen LogP contribution in [0, 0.1) is 18.8 Å². The molecule has 5 nitrogen and oxygen atoms in total. The molecular weight excluding hydrogens is 278 g/mol. The third-order valence-electron chi connectivity index (χ3n) is 2.48. The minimum atomic E-state index is -3.11. The lowest BCUT2D eigenvalue weighted by Gasteiger charge is -2.07. The van der Waals surface area contributed by atoms with E-state index in [4.69, 9.17) is 5.11 Å². The molecule has 1 aromatic rings. The fourth-order valence-corrected chi connectivity index (χ4v) is 2.01. The Bertz CT molecular complexity index is 653. The normalized spacial score (nSPS) is 10.6. The molecule has 0 bridgehead atoms. The Morgan fingerprint density at radius 3 is 2.70 bits per heavy atom. The minimum Gasteiger partial charge on any atom is -0.384 e. The molecule has 0 heterocycles. The highest BCUT2D eigenvalue weighted by molar-refractivity contribution is 7.90. The number of sulfone groups is 1. The topological polar surface area (TPSA) is 83.5 Å². The number of hydrogen-bond acceptors (Lipinski definition) is 4. The van der Waals surface area contributed by atoms with Gasteiger partial charge >= 0.3 is 0 Å². The Balaban J connectivity index is 2.88. The van der Waals surface area contributed by atoms with E-state index in [0.717, 1.165) is 11.8 Å². The van der Waals surface area contributed by atoms with Gasteiger partial charge < -0.3 is 10.4 Å². The molecule has 20 heavy (non-hydrogen) atoms. The molecule has 0 saturated heterocycles. The third kappa shape index (κ3) is 5.43. The van der Waals surface area contributed by atoms with Crippen LogP contribution >= 0.6 is 0 Å². The summed E-state index contributed by atoms with van der Waals surface area (Å²) in [7, 11) is -3.11. The maximum absolute atomic E-state index is 12.0. The van der Waals surface area contributed by atoms with Crippen LogP contribution in [0.1, 0.15) is 21.5 Å². The molecular formula is C14H17NO4S. The summed E-state index contributed by atoms with van der Waals surface area (Å²) < 4.78 is 22.0. The van der Waals surface area contributed by atoms with Crippen LogP contribution in [0.3, 0.4) is 0 Å². The van der Waals surface area contributed by atoms with Gasteiger partial charge in [0.1, 0.15) is 16.4 Å². The fraction of sp³-hybridized carbons (Fsp3) is 0.357. The summed E-state index contributed by atoms with van der Waals surface area (Å²) in [5.41, 5.74) is 1.77.